The molecule has 178 valence electrons. The van der Waals surface area contributed by atoms with Crippen molar-refractivity contribution in [1.29, 1.82) is 0 Å². The molecule has 1 amide bonds. The van der Waals surface area contributed by atoms with E-state index in [0.717, 1.165) is 36.8 Å². The Hall–Kier alpha value is -1.65. The highest BCUT2D eigenvalue weighted by Gasteiger charge is 2.36. The van der Waals surface area contributed by atoms with Crippen molar-refractivity contribution < 1.29 is 9.90 Å². The molecule has 1 aromatic heterocycles. The van der Waals surface area contributed by atoms with E-state index >= 15 is 0 Å². The smallest absolute Gasteiger partial charge is 0.253 e. The van der Waals surface area contributed by atoms with Crippen LogP contribution in [0.3, 0.4) is 0 Å². The number of nitrogens with zero attached hydrogens (tertiary/aromatic N) is 1. The van der Waals surface area contributed by atoms with Crippen LogP contribution in [0.15, 0.2) is 24.3 Å². The van der Waals surface area contributed by atoms with Crippen LogP contribution in [0.1, 0.15) is 97.6 Å². The van der Waals surface area contributed by atoms with Gasteiger partial charge in [0.2, 0.25) is 0 Å². The Morgan fingerprint density at radius 1 is 1.00 bits per heavy atom. The van der Waals surface area contributed by atoms with Gasteiger partial charge >= 0.3 is 0 Å². The largest absolute Gasteiger partial charge is 0.390 e. The van der Waals surface area contributed by atoms with Crippen LogP contribution < -0.4 is 0 Å². The molecule has 1 unspecified atom stereocenters. The minimum atomic E-state index is -0.706. The van der Waals surface area contributed by atoms with Crippen molar-refractivity contribution in [2.45, 2.75) is 92.1 Å². The molecule has 0 radical (unpaired) electrons. The molecule has 0 aliphatic heterocycles. The second-order valence-corrected chi connectivity index (χ2v) is 11.9. The van der Waals surface area contributed by atoms with E-state index in [4.69, 9.17) is 0 Å². The molecule has 0 saturated carbocycles. The summed E-state index contributed by atoms with van der Waals surface area (Å²) in [6.45, 7) is 17.0. The molecule has 0 aliphatic rings. The van der Waals surface area contributed by atoms with Gasteiger partial charge in [0.05, 0.1) is 5.60 Å². The summed E-state index contributed by atoms with van der Waals surface area (Å²) in [6.07, 6.45) is 3.65. The molecule has 1 heterocycles. The number of rotatable bonds is 8. The monoisotopic (exact) mass is 457 g/mol. The number of amides is 1. The van der Waals surface area contributed by atoms with Crippen LogP contribution >= 0.6 is 11.3 Å². The Bertz CT molecular complexity index is 943. The van der Waals surface area contributed by atoms with Crippen molar-refractivity contribution in [2.24, 2.45) is 5.41 Å². The fraction of sp³-hybridized carbons (Fsp3) is 0.607. The standard InChI is InChI=1S/C28H43NO2S/c1-11-28(12-2,21-13-14-22(19(3)17-21)25(30)29(9)10)24-18-20(4)23(32-24)15-16-27(8,31)26(5,6)7/h13-14,17-18,31H,11-12,15-16H2,1-10H3. The van der Waals surface area contributed by atoms with Gasteiger partial charge in [-0.05, 0) is 80.7 Å². The van der Waals surface area contributed by atoms with Gasteiger partial charge in [-0.1, -0.05) is 46.8 Å². The predicted octanol–water partition coefficient (Wildman–Crippen LogP) is 6.90. The molecular formula is C28H43NO2S. The Kier molecular flexibility index (Phi) is 8.05. The maximum atomic E-state index is 12.5. The number of carbonyl (C=O) groups is 1. The Morgan fingerprint density at radius 3 is 2.06 bits per heavy atom. The Balaban J connectivity index is 2.44. The summed E-state index contributed by atoms with van der Waals surface area (Å²) in [5, 5.41) is 11.0. The maximum Gasteiger partial charge on any atom is 0.253 e. The zero-order valence-electron chi connectivity index (χ0n) is 21.8. The SMILES string of the molecule is CCC(CC)(c1ccc(C(=O)N(C)C)c(C)c1)c1cc(C)c(CCC(C)(O)C(C)(C)C)s1. The number of carbonyl (C=O) groups excluding carboxylic acids is 1. The fourth-order valence-corrected chi connectivity index (χ4v) is 5.85. The first-order valence-electron chi connectivity index (χ1n) is 11.8. The van der Waals surface area contributed by atoms with Gasteiger partial charge in [-0.3, -0.25) is 4.79 Å². The first kappa shape index (κ1) is 26.6. The first-order chi connectivity index (χ1) is 14.7. The van der Waals surface area contributed by atoms with Gasteiger partial charge < -0.3 is 10.0 Å². The molecule has 4 heteroatoms. The summed E-state index contributed by atoms with van der Waals surface area (Å²) in [5.41, 5.74) is 3.48. The van der Waals surface area contributed by atoms with Gasteiger partial charge in [0.25, 0.3) is 5.91 Å². The lowest BCUT2D eigenvalue weighted by molar-refractivity contribution is -0.0475. The molecule has 3 nitrogen and oxygen atoms in total. The second-order valence-electron chi connectivity index (χ2n) is 10.8. The molecule has 32 heavy (non-hydrogen) atoms. The minimum absolute atomic E-state index is 0.0489. The molecule has 2 rings (SSSR count). The van der Waals surface area contributed by atoms with Crippen molar-refractivity contribution in [3.63, 3.8) is 0 Å². The lowest BCUT2D eigenvalue weighted by Crippen LogP contribution is -2.40. The van der Waals surface area contributed by atoms with Crippen molar-refractivity contribution in [2.75, 3.05) is 14.1 Å². The molecule has 1 N–H and O–H groups in total. The van der Waals surface area contributed by atoms with Crippen molar-refractivity contribution in [1.82, 2.24) is 4.90 Å². The maximum absolute atomic E-state index is 12.5. The third-order valence-corrected chi connectivity index (χ3v) is 9.07. The zero-order chi connectivity index (χ0) is 24.5. The third-order valence-electron chi connectivity index (χ3n) is 7.57. The van der Waals surface area contributed by atoms with E-state index in [1.54, 1.807) is 19.0 Å². The topological polar surface area (TPSA) is 40.5 Å². The van der Waals surface area contributed by atoms with Gasteiger partial charge in [-0.2, -0.15) is 0 Å². The van der Waals surface area contributed by atoms with E-state index in [9.17, 15) is 9.90 Å². The average molecular weight is 458 g/mol. The number of hydrogen-bond acceptors (Lipinski definition) is 3. The van der Waals surface area contributed by atoms with E-state index in [1.807, 2.05) is 31.3 Å². The summed E-state index contributed by atoms with van der Waals surface area (Å²) in [5.74, 6) is 0.0489. The summed E-state index contributed by atoms with van der Waals surface area (Å²) < 4.78 is 0. The highest BCUT2D eigenvalue weighted by molar-refractivity contribution is 7.12. The lowest BCUT2D eigenvalue weighted by Gasteiger charge is -2.37. The van der Waals surface area contributed by atoms with E-state index < -0.39 is 5.60 Å². The van der Waals surface area contributed by atoms with E-state index in [0.29, 0.717) is 0 Å². The highest BCUT2D eigenvalue weighted by atomic mass is 32.1. The minimum Gasteiger partial charge on any atom is -0.390 e. The second kappa shape index (κ2) is 9.69. The average Bonchev–Trinajstić information content (AvgIpc) is 3.07. The van der Waals surface area contributed by atoms with Crippen LogP contribution in [0, 0.1) is 19.3 Å². The summed E-state index contributed by atoms with van der Waals surface area (Å²) >= 11 is 1.90. The van der Waals surface area contributed by atoms with E-state index in [-0.39, 0.29) is 16.7 Å². The van der Waals surface area contributed by atoms with Crippen LogP contribution in [0.5, 0.6) is 0 Å². The highest BCUT2D eigenvalue weighted by Crippen LogP contribution is 2.44. The summed E-state index contributed by atoms with van der Waals surface area (Å²) in [7, 11) is 3.59. The van der Waals surface area contributed by atoms with Crippen molar-refractivity contribution >= 4 is 17.2 Å². The fourth-order valence-electron chi connectivity index (χ4n) is 4.33. The third kappa shape index (κ3) is 5.12. The molecule has 1 aromatic carbocycles. The quantitative estimate of drug-likeness (QED) is 0.468. The molecule has 0 bridgehead atoms. The van der Waals surface area contributed by atoms with Gasteiger partial charge in [-0.15, -0.1) is 11.3 Å². The lowest BCUT2D eigenvalue weighted by atomic mass is 9.73. The number of aryl methyl sites for hydroxylation is 3. The molecule has 0 aliphatic carbocycles. The number of thiophene rings is 1. The Labute approximate surface area is 199 Å². The molecule has 1 atom stereocenters. The van der Waals surface area contributed by atoms with E-state index in [1.165, 1.54) is 20.9 Å². The van der Waals surface area contributed by atoms with Crippen LogP contribution in [-0.2, 0) is 11.8 Å². The normalized spacial score (nSPS) is 14.3. The molecular weight excluding hydrogens is 414 g/mol. The molecule has 0 saturated heterocycles. The van der Waals surface area contributed by atoms with Gasteiger partial charge in [-0.25, -0.2) is 0 Å². The summed E-state index contributed by atoms with van der Waals surface area (Å²) in [6, 6.07) is 8.71. The van der Waals surface area contributed by atoms with Crippen molar-refractivity contribution in [3.8, 4) is 0 Å². The number of hydrogen-bond donors (Lipinski definition) is 1. The molecule has 2 aromatic rings. The number of benzene rings is 1. The van der Waals surface area contributed by atoms with E-state index in [2.05, 4.69) is 59.7 Å². The Morgan fingerprint density at radius 2 is 1.59 bits per heavy atom. The summed E-state index contributed by atoms with van der Waals surface area (Å²) in [4.78, 5) is 16.9. The van der Waals surface area contributed by atoms with Crippen LogP contribution in [-0.4, -0.2) is 35.6 Å². The van der Waals surface area contributed by atoms with Gasteiger partial charge in [0.15, 0.2) is 0 Å². The predicted molar refractivity (Wildman–Crippen MR) is 138 cm³/mol. The number of aliphatic hydroxyl groups is 1. The first-order valence-corrected chi connectivity index (χ1v) is 12.7. The van der Waals surface area contributed by atoms with Crippen LogP contribution in [0.2, 0.25) is 0 Å². The molecule has 0 fully saturated rings. The van der Waals surface area contributed by atoms with Crippen LogP contribution in [0.4, 0.5) is 0 Å². The zero-order valence-corrected chi connectivity index (χ0v) is 22.7. The van der Waals surface area contributed by atoms with Gasteiger partial charge in [0, 0.05) is 34.8 Å². The van der Waals surface area contributed by atoms with Gasteiger partial charge in [0.1, 0.15) is 0 Å². The van der Waals surface area contributed by atoms with Crippen molar-refractivity contribution in [3.05, 3.63) is 56.3 Å². The van der Waals surface area contributed by atoms with Crippen LogP contribution in [0.25, 0.3) is 0 Å². The molecule has 0 spiro atoms.